The summed E-state index contributed by atoms with van der Waals surface area (Å²) < 4.78 is 10.6. The summed E-state index contributed by atoms with van der Waals surface area (Å²) in [4.78, 5) is 24.1. The van der Waals surface area contributed by atoms with E-state index in [1.165, 1.54) is 0 Å². The molecule has 0 aromatic heterocycles. The summed E-state index contributed by atoms with van der Waals surface area (Å²) in [5, 5.41) is 0.462. The van der Waals surface area contributed by atoms with Crippen LogP contribution >= 0.6 is 23.2 Å². The van der Waals surface area contributed by atoms with Crippen molar-refractivity contribution < 1.29 is 19.1 Å². The van der Waals surface area contributed by atoms with Crippen molar-refractivity contribution >= 4 is 43.2 Å². The summed E-state index contributed by atoms with van der Waals surface area (Å²) in [6.07, 6.45) is 0.642. The van der Waals surface area contributed by atoms with Crippen molar-refractivity contribution in [3.63, 3.8) is 0 Å². The molecule has 0 N–H and O–H groups in total. The highest BCUT2D eigenvalue weighted by molar-refractivity contribution is 6.76. The Morgan fingerprint density at radius 3 is 2.08 bits per heavy atom. The van der Waals surface area contributed by atoms with Crippen LogP contribution in [0, 0.1) is 0 Å². The van der Waals surface area contributed by atoms with E-state index in [1.54, 1.807) is 12.1 Å². The molecule has 0 atom stereocenters. The van der Waals surface area contributed by atoms with Crippen LogP contribution in [0.4, 0.5) is 0 Å². The van der Waals surface area contributed by atoms with Crippen LogP contribution in [-0.4, -0.2) is 32.2 Å². The smallest absolute Gasteiger partial charge is 0.341 e. The van der Waals surface area contributed by atoms with E-state index in [0.717, 1.165) is 11.6 Å². The van der Waals surface area contributed by atoms with Gasteiger partial charge in [-0.05, 0) is 50.9 Å². The lowest BCUT2D eigenvalue weighted by Crippen LogP contribution is -2.24. The Labute approximate surface area is 167 Å². The molecule has 1 aromatic rings. The normalized spacial score (nSPS) is 12.0. The van der Waals surface area contributed by atoms with Gasteiger partial charge >= 0.3 is 11.9 Å². The van der Waals surface area contributed by atoms with E-state index in [2.05, 4.69) is 19.6 Å². The van der Waals surface area contributed by atoms with Gasteiger partial charge in [0.05, 0.1) is 22.2 Å². The second-order valence-corrected chi connectivity index (χ2v) is 14.9. The molecule has 0 amide bonds. The molecule has 0 fully saturated rings. The molecule has 0 aliphatic rings. The first kappa shape index (κ1) is 23.0. The second-order valence-electron chi connectivity index (χ2n) is 8.47. The van der Waals surface area contributed by atoms with Crippen LogP contribution in [0.2, 0.25) is 35.7 Å². The topological polar surface area (TPSA) is 52.6 Å². The van der Waals surface area contributed by atoms with Crippen molar-refractivity contribution in [2.75, 3.05) is 6.61 Å². The number of esters is 2. The van der Waals surface area contributed by atoms with Crippen LogP contribution < -0.4 is 0 Å². The van der Waals surface area contributed by atoms with E-state index < -0.39 is 19.6 Å². The number of halogens is 2. The molecule has 0 unspecified atom stereocenters. The minimum absolute atomic E-state index is 0.171. The largest absolute Gasteiger partial charge is 0.462 e. The third kappa shape index (κ3) is 8.56. The van der Waals surface area contributed by atoms with Crippen molar-refractivity contribution in [3.05, 3.63) is 33.3 Å². The maximum absolute atomic E-state index is 12.3. The van der Waals surface area contributed by atoms with Gasteiger partial charge in [-0.1, -0.05) is 42.8 Å². The average Bonchev–Trinajstić information content (AvgIpc) is 2.41. The van der Waals surface area contributed by atoms with E-state index >= 15 is 0 Å². The van der Waals surface area contributed by atoms with Gasteiger partial charge in [-0.2, -0.15) is 0 Å². The van der Waals surface area contributed by atoms with E-state index in [4.69, 9.17) is 32.7 Å². The van der Waals surface area contributed by atoms with Crippen LogP contribution in [0.5, 0.6) is 0 Å². The van der Waals surface area contributed by atoms with E-state index in [1.807, 2.05) is 20.8 Å². The van der Waals surface area contributed by atoms with Crippen molar-refractivity contribution in [2.45, 2.75) is 64.9 Å². The molecule has 1 aromatic carbocycles. The van der Waals surface area contributed by atoms with Crippen LogP contribution in [0.25, 0.3) is 0 Å². The number of benzene rings is 1. The van der Waals surface area contributed by atoms with Gasteiger partial charge in [-0.3, -0.25) is 4.79 Å². The molecule has 0 bridgehead atoms. The van der Waals surface area contributed by atoms with Gasteiger partial charge in [0.2, 0.25) is 0 Å². The number of hydrogen-bond acceptors (Lipinski definition) is 4. The molecule has 7 heteroatoms. The lowest BCUT2D eigenvalue weighted by molar-refractivity contribution is -0.154. The van der Waals surface area contributed by atoms with Gasteiger partial charge in [0, 0.05) is 14.5 Å². The molecular formula is C19H28Cl2O4Si. The molecule has 0 saturated heterocycles. The summed E-state index contributed by atoms with van der Waals surface area (Å²) >= 11 is 12.5. The minimum Gasteiger partial charge on any atom is -0.462 e. The number of hydrogen-bond donors (Lipinski definition) is 0. The van der Waals surface area contributed by atoms with Crippen LogP contribution in [0.3, 0.4) is 0 Å². The number of rotatable bonds is 7. The second kappa shape index (κ2) is 9.24. The number of aryl methyl sites for hydroxylation is 1. The Kier molecular flexibility index (Phi) is 8.18. The summed E-state index contributed by atoms with van der Waals surface area (Å²) in [7, 11) is -1.29. The summed E-state index contributed by atoms with van der Waals surface area (Å²) in [6.45, 7) is 12.5. The highest BCUT2D eigenvalue weighted by Crippen LogP contribution is 2.28. The van der Waals surface area contributed by atoms with E-state index in [-0.39, 0.29) is 28.0 Å². The lowest BCUT2D eigenvalue weighted by atomic mass is 10.1. The van der Waals surface area contributed by atoms with Gasteiger partial charge < -0.3 is 9.47 Å². The molecule has 1 rings (SSSR count). The van der Waals surface area contributed by atoms with Crippen molar-refractivity contribution in [1.29, 1.82) is 0 Å². The molecule has 0 saturated carbocycles. The quantitative estimate of drug-likeness (QED) is 0.416. The van der Waals surface area contributed by atoms with Gasteiger partial charge in [0.15, 0.2) is 0 Å². The predicted molar refractivity (Wildman–Crippen MR) is 109 cm³/mol. The highest BCUT2D eigenvalue weighted by atomic mass is 35.5. The van der Waals surface area contributed by atoms with Crippen molar-refractivity contribution in [2.24, 2.45) is 0 Å². The monoisotopic (exact) mass is 418 g/mol. The predicted octanol–water partition coefficient (Wildman–Crippen LogP) is 5.76. The van der Waals surface area contributed by atoms with Crippen LogP contribution in [-0.2, 0) is 20.7 Å². The van der Waals surface area contributed by atoms with Crippen LogP contribution in [0.15, 0.2) is 12.1 Å². The fourth-order valence-electron chi connectivity index (χ4n) is 2.13. The Bertz CT molecular complexity index is 637. The molecule has 0 aliphatic heterocycles. The van der Waals surface area contributed by atoms with Crippen molar-refractivity contribution in [1.82, 2.24) is 0 Å². The zero-order chi connectivity index (χ0) is 20.1. The van der Waals surface area contributed by atoms with Gasteiger partial charge in [0.25, 0.3) is 0 Å². The average molecular weight is 419 g/mol. The third-order valence-corrected chi connectivity index (χ3v) is 5.73. The van der Waals surface area contributed by atoms with Crippen molar-refractivity contribution in [3.8, 4) is 0 Å². The minimum atomic E-state index is -1.29. The third-order valence-electron chi connectivity index (χ3n) is 3.43. The first-order valence-corrected chi connectivity index (χ1v) is 13.1. The van der Waals surface area contributed by atoms with Crippen LogP contribution in [0.1, 0.15) is 43.1 Å². The van der Waals surface area contributed by atoms with E-state index in [9.17, 15) is 9.59 Å². The first-order valence-electron chi connectivity index (χ1n) is 8.65. The molecule has 0 aliphatic carbocycles. The highest BCUT2D eigenvalue weighted by Gasteiger charge is 2.20. The summed E-state index contributed by atoms with van der Waals surface area (Å²) in [6, 6.07) is 4.17. The zero-order valence-corrected chi connectivity index (χ0v) is 18.9. The molecule has 26 heavy (non-hydrogen) atoms. The fourth-order valence-corrected chi connectivity index (χ4v) is 3.53. The van der Waals surface area contributed by atoms with Gasteiger partial charge in [-0.25, -0.2) is 4.79 Å². The SMILES string of the molecule is CC(C)(C)OC(=O)CCc1cc(Cl)c(C(=O)OCC[Si](C)(C)C)c(Cl)c1. The van der Waals surface area contributed by atoms with Gasteiger partial charge in [-0.15, -0.1) is 0 Å². The Morgan fingerprint density at radius 2 is 1.62 bits per heavy atom. The van der Waals surface area contributed by atoms with E-state index in [0.29, 0.717) is 13.0 Å². The number of carbonyl (C=O) groups is 2. The molecule has 146 valence electrons. The fraction of sp³-hybridized carbons (Fsp3) is 0.579. The maximum atomic E-state index is 12.3. The first-order chi connectivity index (χ1) is 11.8. The Hall–Kier alpha value is -1.04. The zero-order valence-electron chi connectivity index (χ0n) is 16.4. The standard InChI is InChI=1S/C19H28Cl2O4Si/c1-19(2,3)25-16(22)8-7-13-11-14(20)17(15(21)12-13)18(23)24-9-10-26(4,5)6/h11-12H,7-10H2,1-6H3. The molecular weight excluding hydrogens is 391 g/mol. The molecule has 0 radical (unpaired) electrons. The lowest BCUT2D eigenvalue weighted by Gasteiger charge is -2.19. The number of carbonyl (C=O) groups excluding carboxylic acids is 2. The summed E-state index contributed by atoms with van der Waals surface area (Å²) in [5.74, 6) is -0.809. The molecule has 4 nitrogen and oxygen atoms in total. The molecule has 0 heterocycles. The molecule has 0 spiro atoms. The van der Waals surface area contributed by atoms with Gasteiger partial charge in [0.1, 0.15) is 5.60 Å². The Morgan fingerprint density at radius 1 is 1.08 bits per heavy atom. The summed E-state index contributed by atoms with van der Waals surface area (Å²) in [5.41, 5.74) is 0.421. The maximum Gasteiger partial charge on any atom is 0.341 e. The Balaban J connectivity index is 2.73. The number of ether oxygens (including phenoxy) is 2.